The molecule has 0 bridgehead atoms. The van der Waals surface area contributed by atoms with Crippen LogP contribution in [0.25, 0.3) is 0 Å². The van der Waals surface area contributed by atoms with Gasteiger partial charge in [0.15, 0.2) is 0 Å². The first-order chi connectivity index (χ1) is 16.5. The van der Waals surface area contributed by atoms with Gasteiger partial charge in [-0.3, -0.25) is 4.79 Å². The number of para-hydroxylation sites is 1. The zero-order valence-corrected chi connectivity index (χ0v) is 20.9. The average Bonchev–Trinajstić information content (AvgIpc) is 3.35. The van der Waals surface area contributed by atoms with Crippen LogP contribution in [-0.2, 0) is 23.8 Å². The first kappa shape index (κ1) is 25.8. The van der Waals surface area contributed by atoms with Gasteiger partial charge in [-0.25, -0.2) is 4.79 Å². The second-order valence-corrected chi connectivity index (χ2v) is 10.00. The molecule has 0 heterocycles. The number of nitriles is 1. The molecule has 0 N–H and O–H groups in total. The van der Waals surface area contributed by atoms with Gasteiger partial charge in [0.25, 0.3) is 0 Å². The Morgan fingerprint density at radius 1 is 1.06 bits per heavy atom. The number of esters is 2. The lowest BCUT2D eigenvalue weighted by molar-refractivity contribution is -0.149. The summed E-state index contributed by atoms with van der Waals surface area (Å²) >= 11 is 0. The molecule has 0 saturated heterocycles. The number of nitrogens with zero attached hydrogens (tertiary/aromatic N) is 1. The SMILES string of the molecule is COC(=O)C(=C[C@@H]1[C@@H](C(=O)O[C@H](C#N)c2cccc(Oc3ccccc3)c2)C1(C)C)OC(C)(C)C. The van der Waals surface area contributed by atoms with Crippen LogP contribution in [-0.4, -0.2) is 24.6 Å². The minimum absolute atomic E-state index is 0.0518. The maximum Gasteiger partial charge on any atom is 0.373 e. The molecule has 7 heteroatoms. The van der Waals surface area contributed by atoms with E-state index in [1.807, 2.05) is 65.0 Å². The Balaban J connectivity index is 1.75. The van der Waals surface area contributed by atoms with E-state index >= 15 is 0 Å². The van der Waals surface area contributed by atoms with Crippen LogP contribution in [0.15, 0.2) is 66.4 Å². The molecular weight excluding hydrogens is 446 g/mol. The van der Waals surface area contributed by atoms with Crippen LogP contribution in [0.1, 0.15) is 46.3 Å². The van der Waals surface area contributed by atoms with Crippen LogP contribution in [0.2, 0.25) is 0 Å². The first-order valence-electron chi connectivity index (χ1n) is 11.4. The number of carbonyl (C=O) groups is 2. The molecule has 7 nitrogen and oxygen atoms in total. The van der Waals surface area contributed by atoms with Crippen molar-refractivity contribution in [1.29, 1.82) is 5.26 Å². The van der Waals surface area contributed by atoms with Gasteiger partial charge in [0.1, 0.15) is 23.2 Å². The van der Waals surface area contributed by atoms with Crippen molar-refractivity contribution in [2.24, 2.45) is 17.3 Å². The van der Waals surface area contributed by atoms with Gasteiger partial charge >= 0.3 is 11.9 Å². The first-order valence-corrected chi connectivity index (χ1v) is 11.4. The summed E-state index contributed by atoms with van der Waals surface area (Å²) in [5.41, 5.74) is -0.588. The predicted molar refractivity (Wildman–Crippen MR) is 129 cm³/mol. The zero-order valence-electron chi connectivity index (χ0n) is 20.9. The Hall–Kier alpha value is -3.79. The molecule has 0 aliphatic heterocycles. The number of ether oxygens (including phenoxy) is 4. The highest BCUT2D eigenvalue weighted by Gasteiger charge is 2.62. The number of hydrogen-bond donors (Lipinski definition) is 0. The summed E-state index contributed by atoms with van der Waals surface area (Å²) in [7, 11) is 1.28. The molecule has 0 amide bonds. The predicted octanol–water partition coefficient (Wildman–Crippen LogP) is 5.73. The highest BCUT2D eigenvalue weighted by atomic mass is 16.6. The van der Waals surface area contributed by atoms with Crippen LogP contribution in [0.5, 0.6) is 11.5 Å². The molecule has 1 saturated carbocycles. The van der Waals surface area contributed by atoms with Crippen LogP contribution in [0.3, 0.4) is 0 Å². The van der Waals surface area contributed by atoms with Gasteiger partial charge in [-0.15, -0.1) is 0 Å². The fraction of sp³-hybridized carbons (Fsp3) is 0.393. The van der Waals surface area contributed by atoms with Crippen molar-refractivity contribution < 1.29 is 28.5 Å². The van der Waals surface area contributed by atoms with Gasteiger partial charge in [-0.2, -0.15) is 5.26 Å². The third kappa shape index (κ3) is 6.42. The lowest BCUT2D eigenvalue weighted by Crippen LogP contribution is -2.23. The van der Waals surface area contributed by atoms with Crippen molar-refractivity contribution in [3.63, 3.8) is 0 Å². The van der Waals surface area contributed by atoms with Gasteiger partial charge in [0.05, 0.1) is 13.0 Å². The summed E-state index contributed by atoms with van der Waals surface area (Å²) < 4.78 is 22.0. The van der Waals surface area contributed by atoms with Crippen molar-refractivity contribution >= 4 is 11.9 Å². The van der Waals surface area contributed by atoms with E-state index in [-0.39, 0.29) is 11.7 Å². The van der Waals surface area contributed by atoms with Crippen molar-refractivity contribution in [3.8, 4) is 17.6 Å². The highest BCUT2D eigenvalue weighted by Crippen LogP contribution is 2.60. The molecule has 0 spiro atoms. The molecule has 0 unspecified atom stereocenters. The van der Waals surface area contributed by atoms with Crippen LogP contribution < -0.4 is 4.74 Å². The standard InChI is InChI=1S/C28H31NO6/c1-27(2,3)35-22(25(30)32-6)16-21-24(28(21,4)5)26(31)34-23(17-29)18-11-10-14-20(15-18)33-19-12-8-7-9-13-19/h7-16,21,23-24H,1-6H3/t21-,23-,24+/m1/s1. The van der Waals surface area contributed by atoms with E-state index in [1.54, 1.807) is 30.3 Å². The van der Waals surface area contributed by atoms with Gasteiger partial charge in [0.2, 0.25) is 11.9 Å². The Morgan fingerprint density at radius 3 is 2.31 bits per heavy atom. The lowest BCUT2D eigenvalue weighted by atomic mass is 10.1. The fourth-order valence-corrected chi connectivity index (χ4v) is 3.90. The molecule has 2 aromatic rings. The zero-order chi connectivity index (χ0) is 25.8. The van der Waals surface area contributed by atoms with Crippen molar-refractivity contribution in [1.82, 2.24) is 0 Å². The smallest absolute Gasteiger partial charge is 0.373 e. The minimum atomic E-state index is -1.10. The van der Waals surface area contributed by atoms with Gasteiger partial charge < -0.3 is 18.9 Å². The summed E-state index contributed by atoms with van der Waals surface area (Å²) in [5.74, 6) is -0.736. The summed E-state index contributed by atoms with van der Waals surface area (Å²) in [6.07, 6.45) is 0.521. The Bertz CT molecular complexity index is 1140. The van der Waals surface area contributed by atoms with Crippen molar-refractivity contribution in [2.45, 2.75) is 46.3 Å². The van der Waals surface area contributed by atoms with Crippen LogP contribution in [0.4, 0.5) is 0 Å². The summed E-state index contributed by atoms with van der Waals surface area (Å²) in [5, 5.41) is 9.72. The molecule has 3 rings (SSSR count). The van der Waals surface area contributed by atoms with E-state index < -0.39 is 35.0 Å². The van der Waals surface area contributed by atoms with E-state index in [9.17, 15) is 14.9 Å². The van der Waals surface area contributed by atoms with E-state index in [0.29, 0.717) is 17.1 Å². The number of carbonyl (C=O) groups excluding carboxylic acids is 2. The summed E-state index contributed by atoms with van der Waals surface area (Å²) in [4.78, 5) is 25.3. The van der Waals surface area contributed by atoms with Crippen LogP contribution in [0, 0.1) is 28.6 Å². The number of hydrogen-bond acceptors (Lipinski definition) is 7. The highest BCUT2D eigenvalue weighted by molar-refractivity contribution is 5.87. The maximum absolute atomic E-state index is 13.1. The molecule has 1 aliphatic rings. The maximum atomic E-state index is 13.1. The normalized spacial score (nSPS) is 19.6. The summed E-state index contributed by atoms with van der Waals surface area (Å²) in [6.45, 7) is 9.27. The molecule has 0 aromatic heterocycles. The molecule has 1 fully saturated rings. The molecule has 1 aliphatic carbocycles. The quantitative estimate of drug-likeness (QED) is 0.272. The van der Waals surface area contributed by atoms with Crippen molar-refractivity contribution in [2.75, 3.05) is 7.11 Å². The lowest BCUT2D eigenvalue weighted by Gasteiger charge is -2.22. The third-order valence-corrected chi connectivity index (χ3v) is 5.79. The summed E-state index contributed by atoms with van der Waals surface area (Å²) in [6, 6.07) is 18.2. The van der Waals surface area contributed by atoms with E-state index in [4.69, 9.17) is 18.9 Å². The number of benzene rings is 2. The van der Waals surface area contributed by atoms with Gasteiger partial charge in [-0.05, 0) is 56.5 Å². The van der Waals surface area contributed by atoms with Crippen molar-refractivity contribution in [3.05, 3.63) is 72.0 Å². The molecule has 2 aromatic carbocycles. The molecule has 0 radical (unpaired) electrons. The second kappa shape index (κ2) is 10.2. The molecule has 184 valence electrons. The largest absolute Gasteiger partial charge is 0.481 e. The van der Waals surface area contributed by atoms with E-state index in [1.165, 1.54) is 7.11 Å². The Morgan fingerprint density at radius 2 is 1.71 bits per heavy atom. The van der Waals surface area contributed by atoms with E-state index in [0.717, 1.165) is 0 Å². The number of rotatable bonds is 8. The molecule has 35 heavy (non-hydrogen) atoms. The Labute approximate surface area is 206 Å². The molecular formula is C28H31NO6. The average molecular weight is 478 g/mol. The van der Waals surface area contributed by atoms with E-state index in [2.05, 4.69) is 6.07 Å². The number of methoxy groups -OCH3 is 1. The molecule has 3 atom stereocenters. The van der Waals surface area contributed by atoms with Gasteiger partial charge in [0, 0.05) is 11.5 Å². The van der Waals surface area contributed by atoms with Gasteiger partial charge in [-0.1, -0.05) is 44.2 Å². The number of allylic oxidation sites excluding steroid dienone is 1. The monoisotopic (exact) mass is 477 g/mol. The Kier molecular flexibility index (Phi) is 7.54. The third-order valence-electron chi connectivity index (χ3n) is 5.79. The minimum Gasteiger partial charge on any atom is -0.481 e. The fourth-order valence-electron chi connectivity index (χ4n) is 3.90. The van der Waals surface area contributed by atoms with Crippen LogP contribution >= 0.6 is 0 Å². The topological polar surface area (TPSA) is 94.9 Å². The second-order valence-electron chi connectivity index (χ2n) is 10.00.